The van der Waals surface area contributed by atoms with Gasteiger partial charge in [-0.2, -0.15) is 5.26 Å². The number of nitriles is 1. The Kier molecular flexibility index (Phi) is 7.54. The average Bonchev–Trinajstić information content (AvgIpc) is 2.71. The molecule has 0 heterocycles. The first-order valence-electron chi connectivity index (χ1n) is 8.62. The minimum absolute atomic E-state index is 0.404. The van der Waals surface area contributed by atoms with Crippen molar-refractivity contribution in [2.24, 2.45) is 0 Å². The molecule has 146 valence electrons. The van der Waals surface area contributed by atoms with Crippen molar-refractivity contribution in [1.29, 1.82) is 5.26 Å². The van der Waals surface area contributed by atoms with Crippen LogP contribution in [0, 0.1) is 11.3 Å². The van der Waals surface area contributed by atoms with Crippen molar-refractivity contribution < 1.29 is 9.47 Å². The second-order valence-corrected chi connectivity index (χ2v) is 8.80. The van der Waals surface area contributed by atoms with Gasteiger partial charge in [0.05, 0.1) is 18.8 Å². The van der Waals surface area contributed by atoms with Crippen molar-refractivity contribution in [3.8, 4) is 17.6 Å². The predicted molar refractivity (Wildman–Crippen MR) is 127 cm³/mol. The zero-order valence-electron chi connectivity index (χ0n) is 15.5. The molecule has 0 saturated heterocycles. The molecule has 0 N–H and O–H groups in total. The van der Waals surface area contributed by atoms with Crippen molar-refractivity contribution in [3.05, 3.63) is 90.8 Å². The first kappa shape index (κ1) is 21.6. The van der Waals surface area contributed by atoms with E-state index in [9.17, 15) is 5.26 Å². The fourth-order valence-electron chi connectivity index (χ4n) is 2.69. The van der Waals surface area contributed by atoms with Crippen molar-refractivity contribution in [1.82, 2.24) is 0 Å². The number of benzene rings is 3. The van der Waals surface area contributed by atoms with Crippen LogP contribution in [-0.4, -0.2) is 7.11 Å². The van der Waals surface area contributed by atoms with Gasteiger partial charge in [0.2, 0.25) is 0 Å². The maximum Gasteiger partial charge on any atom is 0.161 e. The molecular weight excluding hydrogens is 562 g/mol. The van der Waals surface area contributed by atoms with E-state index in [4.69, 9.17) is 9.47 Å². The van der Waals surface area contributed by atoms with Gasteiger partial charge in [0.25, 0.3) is 0 Å². The van der Waals surface area contributed by atoms with Gasteiger partial charge in [-0.15, -0.1) is 0 Å². The number of halogens is 3. The highest BCUT2D eigenvalue weighted by Gasteiger charge is 2.09. The Morgan fingerprint density at radius 1 is 0.966 bits per heavy atom. The van der Waals surface area contributed by atoms with E-state index in [1.54, 1.807) is 7.11 Å². The number of hydrogen-bond donors (Lipinski definition) is 0. The zero-order chi connectivity index (χ0) is 20.8. The number of hydrogen-bond acceptors (Lipinski definition) is 3. The largest absolute Gasteiger partial charge is 0.493 e. The molecule has 0 spiro atoms. The second-order valence-electron chi connectivity index (χ2n) is 6.11. The van der Waals surface area contributed by atoms with Crippen LogP contribution in [0.3, 0.4) is 0 Å². The van der Waals surface area contributed by atoms with E-state index in [1.807, 2.05) is 66.7 Å². The number of ether oxygens (including phenoxy) is 2. The van der Waals surface area contributed by atoms with E-state index < -0.39 is 0 Å². The van der Waals surface area contributed by atoms with Crippen molar-refractivity contribution in [2.45, 2.75) is 6.61 Å². The minimum atomic E-state index is 0.404. The molecular formula is C23H16Br3NO2. The lowest BCUT2D eigenvalue weighted by molar-refractivity contribution is 0.284. The summed E-state index contributed by atoms with van der Waals surface area (Å²) in [6, 6.07) is 21.5. The molecule has 0 amide bonds. The van der Waals surface area contributed by atoms with Crippen LogP contribution in [0.2, 0.25) is 0 Å². The Bertz CT molecular complexity index is 1100. The quantitative estimate of drug-likeness (QED) is 0.223. The standard InChI is InChI=1S/C23H16Br3NO2/c1-28-23-10-15(9-18(13-27)16-3-2-4-19(24)11-16)5-8-22(23)29-14-17-6-7-20(25)12-21(17)26/h2-12H,14H2,1H3/b18-9-. The number of nitrogens with zero attached hydrogens (tertiary/aromatic N) is 1. The van der Waals surface area contributed by atoms with Gasteiger partial charge in [-0.3, -0.25) is 0 Å². The van der Waals surface area contributed by atoms with E-state index in [0.717, 1.165) is 30.1 Å². The third-order valence-corrected chi connectivity index (χ3v) is 5.88. The molecule has 0 aliphatic carbocycles. The van der Waals surface area contributed by atoms with Crippen LogP contribution in [0.25, 0.3) is 11.6 Å². The van der Waals surface area contributed by atoms with Crippen molar-refractivity contribution in [3.63, 3.8) is 0 Å². The highest BCUT2D eigenvalue weighted by Crippen LogP contribution is 2.32. The Morgan fingerprint density at radius 3 is 2.45 bits per heavy atom. The summed E-state index contributed by atoms with van der Waals surface area (Å²) in [6.07, 6.45) is 1.83. The lowest BCUT2D eigenvalue weighted by Gasteiger charge is -2.12. The number of allylic oxidation sites excluding steroid dienone is 1. The Labute approximate surface area is 195 Å². The van der Waals surface area contributed by atoms with Crippen molar-refractivity contribution >= 4 is 59.4 Å². The molecule has 0 atom stereocenters. The highest BCUT2D eigenvalue weighted by molar-refractivity contribution is 9.11. The normalized spacial score (nSPS) is 11.1. The van der Waals surface area contributed by atoms with E-state index >= 15 is 0 Å². The molecule has 0 aromatic heterocycles. The van der Waals surface area contributed by atoms with Crippen LogP contribution in [0.5, 0.6) is 11.5 Å². The molecule has 3 aromatic rings. The topological polar surface area (TPSA) is 42.2 Å². The van der Waals surface area contributed by atoms with Gasteiger partial charge < -0.3 is 9.47 Å². The summed E-state index contributed by atoms with van der Waals surface area (Å²) in [5, 5.41) is 9.57. The summed E-state index contributed by atoms with van der Waals surface area (Å²) in [4.78, 5) is 0. The molecule has 6 heteroatoms. The van der Waals surface area contributed by atoms with Gasteiger partial charge in [0.15, 0.2) is 11.5 Å². The average molecular weight is 578 g/mol. The smallest absolute Gasteiger partial charge is 0.161 e. The molecule has 0 fully saturated rings. The van der Waals surface area contributed by atoms with E-state index in [0.29, 0.717) is 23.7 Å². The summed E-state index contributed by atoms with van der Waals surface area (Å²) in [6.45, 7) is 0.404. The lowest BCUT2D eigenvalue weighted by Crippen LogP contribution is -1.99. The van der Waals surface area contributed by atoms with Gasteiger partial charge in [0, 0.05) is 19.0 Å². The minimum Gasteiger partial charge on any atom is -0.493 e. The van der Waals surface area contributed by atoms with Crippen LogP contribution >= 0.6 is 47.8 Å². The van der Waals surface area contributed by atoms with Crippen molar-refractivity contribution in [2.75, 3.05) is 7.11 Å². The second kappa shape index (κ2) is 10.1. The molecule has 0 bridgehead atoms. The van der Waals surface area contributed by atoms with Crippen LogP contribution in [0.1, 0.15) is 16.7 Å². The molecule has 3 aromatic carbocycles. The molecule has 3 rings (SSSR count). The number of rotatable bonds is 6. The molecule has 0 aliphatic rings. The Hall–Kier alpha value is -2.07. The molecule has 3 nitrogen and oxygen atoms in total. The van der Waals surface area contributed by atoms with Crippen LogP contribution in [0.4, 0.5) is 0 Å². The summed E-state index contributed by atoms with van der Waals surface area (Å²) >= 11 is 10.4. The van der Waals surface area contributed by atoms with E-state index in [2.05, 4.69) is 53.9 Å². The monoisotopic (exact) mass is 575 g/mol. The van der Waals surface area contributed by atoms with Gasteiger partial charge >= 0.3 is 0 Å². The molecule has 0 radical (unpaired) electrons. The summed E-state index contributed by atoms with van der Waals surface area (Å²) in [7, 11) is 1.60. The maximum atomic E-state index is 9.57. The third-order valence-electron chi connectivity index (χ3n) is 4.15. The maximum absolute atomic E-state index is 9.57. The zero-order valence-corrected chi connectivity index (χ0v) is 20.2. The molecule has 0 unspecified atom stereocenters. The molecule has 0 saturated carbocycles. The third kappa shape index (κ3) is 5.72. The SMILES string of the molecule is COc1cc(/C=C(/C#N)c2cccc(Br)c2)ccc1OCc1ccc(Br)cc1Br. The lowest BCUT2D eigenvalue weighted by atomic mass is 10.0. The fraction of sp³-hybridized carbons (Fsp3) is 0.0870. The van der Waals surface area contributed by atoms with E-state index in [-0.39, 0.29) is 0 Å². The summed E-state index contributed by atoms with van der Waals surface area (Å²) < 4.78 is 14.4. The molecule has 29 heavy (non-hydrogen) atoms. The predicted octanol–water partition coefficient (Wildman–Crippen LogP) is 7.63. The van der Waals surface area contributed by atoms with Gasteiger partial charge in [-0.05, 0) is 53.6 Å². The van der Waals surface area contributed by atoms with Gasteiger partial charge in [-0.1, -0.05) is 72.1 Å². The molecule has 0 aliphatic heterocycles. The Morgan fingerprint density at radius 2 is 1.76 bits per heavy atom. The van der Waals surface area contributed by atoms with Gasteiger partial charge in [0.1, 0.15) is 6.61 Å². The Balaban J connectivity index is 1.83. The number of methoxy groups -OCH3 is 1. The summed E-state index contributed by atoms with van der Waals surface area (Å²) in [5.41, 5.74) is 3.30. The first-order chi connectivity index (χ1) is 14.0. The van der Waals surface area contributed by atoms with Gasteiger partial charge in [-0.25, -0.2) is 0 Å². The first-order valence-corrected chi connectivity index (χ1v) is 11.0. The van der Waals surface area contributed by atoms with E-state index in [1.165, 1.54) is 0 Å². The highest BCUT2D eigenvalue weighted by atomic mass is 79.9. The summed E-state index contributed by atoms with van der Waals surface area (Å²) in [5.74, 6) is 1.25. The fourth-order valence-corrected chi connectivity index (χ4v) is 4.25. The van der Waals surface area contributed by atoms with Crippen LogP contribution in [0.15, 0.2) is 74.1 Å². The van der Waals surface area contributed by atoms with Crippen LogP contribution in [-0.2, 0) is 6.61 Å². The van der Waals surface area contributed by atoms with Crippen LogP contribution < -0.4 is 9.47 Å².